The molecule has 5 nitrogen and oxygen atoms in total. The number of nitrogens with zero attached hydrogens (tertiary/aromatic N) is 2. The highest BCUT2D eigenvalue weighted by Crippen LogP contribution is 2.26. The third-order valence-electron chi connectivity index (χ3n) is 4.81. The second kappa shape index (κ2) is 7.56. The number of carbonyl (C=O) groups excluding carboxylic acids is 1. The van der Waals surface area contributed by atoms with Crippen molar-refractivity contribution in [2.75, 3.05) is 7.11 Å². The summed E-state index contributed by atoms with van der Waals surface area (Å²) in [6.07, 6.45) is 3.71. The van der Waals surface area contributed by atoms with Gasteiger partial charge in [-0.05, 0) is 47.5 Å². The van der Waals surface area contributed by atoms with Crippen molar-refractivity contribution in [3.63, 3.8) is 0 Å². The highest BCUT2D eigenvalue weighted by Gasteiger charge is 2.13. The number of hydrogen-bond donors (Lipinski definition) is 1. The van der Waals surface area contributed by atoms with Crippen molar-refractivity contribution >= 4 is 16.7 Å². The van der Waals surface area contributed by atoms with Crippen molar-refractivity contribution in [3.8, 4) is 11.4 Å². The number of amides is 1. The Labute approximate surface area is 163 Å². The first-order chi connectivity index (χ1) is 13.7. The summed E-state index contributed by atoms with van der Waals surface area (Å²) >= 11 is 0. The molecule has 1 N–H and O–H groups in total. The van der Waals surface area contributed by atoms with Crippen LogP contribution in [0.4, 0.5) is 0 Å². The Kier molecular flexibility index (Phi) is 4.81. The maximum atomic E-state index is 12.7. The molecule has 0 saturated heterocycles. The Morgan fingerprint density at radius 2 is 1.79 bits per heavy atom. The van der Waals surface area contributed by atoms with Gasteiger partial charge in [0, 0.05) is 24.6 Å². The molecule has 140 valence electrons. The normalized spacial score (nSPS) is 10.8. The van der Waals surface area contributed by atoms with Crippen LogP contribution >= 0.6 is 0 Å². The first kappa shape index (κ1) is 17.8. The van der Waals surface area contributed by atoms with E-state index < -0.39 is 0 Å². The molecule has 0 aliphatic carbocycles. The number of benzene rings is 3. The zero-order valence-corrected chi connectivity index (χ0v) is 15.8. The van der Waals surface area contributed by atoms with Gasteiger partial charge in [0.2, 0.25) is 0 Å². The van der Waals surface area contributed by atoms with Gasteiger partial charge in [0.25, 0.3) is 5.91 Å². The van der Waals surface area contributed by atoms with E-state index in [-0.39, 0.29) is 5.91 Å². The summed E-state index contributed by atoms with van der Waals surface area (Å²) in [4.78, 5) is 17.0. The topological polar surface area (TPSA) is 56.1 Å². The van der Waals surface area contributed by atoms with Crippen LogP contribution in [0.3, 0.4) is 0 Å². The number of carbonyl (C=O) groups is 1. The number of methoxy groups -OCH3 is 1. The summed E-state index contributed by atoms with van der Waals surface area (Å²) in [5.41, 5.74) is 2.60. The minimum atomic E-state index is -0.155. The predicted molar refractivity (Wildman–Crippen MR) is 110 cm³/mol. The van der Waals surface area contributed by atoms with E-state index in [0.29, 0.717) is 17.9 Å². The van der Waals surface area contributed by atoms with Gasteiger partial charge < -0.3 is 14.6 Å². The van der Waals surface area contributed by atoms with Crippen LogP contribution in [0.25, 0.3) is 16.5 Å². The lowest BCUT2D eigenvalue weighted by Gasteiger charge is -2.12. The van der Waals surface area contributed by atoms with Crippen LogP contribution in [0.1, 0.15) is 21.7 Å². The van der Waals surface area contributed by atoms with Crippen LogP contribution in [0.15, 0.2) is 73.1 Å². The molecule has 0 spiro atoms. The van der Waals surface area contributed by atoms with Crippen molar-refractivity contribution in [1.29, 1.82) is 0 Å². The molecule has 4 rings (SSSR count). The van der Waals surface area contributed by atoms with Crippen molar-refractivity contribution in [1.82, 2.24) is 14.9 Å². The molecule has 1 amide bonds. The fourth-order valence-corrected chi connectivity index (χ4v) is 3.27. The summed E-state index contributed by atoms with van der Waals surface area (Å²) in [7, 11) is 1.58. The zero-order valence-electron chi connectivity index (χ0n) is 15.8. The second-order valence-corrected chi connectivity index (χ2v) is 6.59. The van der Waals surface area contributed by atoms with Crippen molar-refractivity contribution in [3.05, 3.63) is 90.0 Å². The smallest absolute Gasteiger partial charge is 0.255 e. The molecule has 0 bridgehead atoms. The van der Waals surface area contributed by atoms with Crippen molar-refractivity contribution < 1.29 is 9.53 Å². The molecule has 0 atom stereocenters. The Morgan fingerprint density at radius 1 is 1.07 bits per heavy atom. The van der Waals surface area contributed by atoms with Crippen LogP contribution in [0, 0.1) is 6.92 Å². The van der Waals surface area contributed by atoms with Crippen molar-refractivity contribution in [2.45, 2.75) is 13.5 Å². The third kappa shape index (κ3) is 3.47. The Morgan fingerprint density at radius 3 is 2.43 bits per heavy atom. The first-order valence-corrected chi connectivity index (χ1v) is 9.10. The molecular formula is C23H21N3O2. The van der Waals surface area contributed by atoms with Crippen LogP contribution in [0.2, 0.25) is 0 Å². The molecule has 0 fully saturated rings. The fourth-order valence-electron chi connectivity index (χ4n) is 3.27. The SMILES string of the molecule is COc1cc2ccccc2cc1C(=O)NCc1ccc(-n2ccnc2C)cc1. The van der Waals surface area contributed by atoms with E-state index in [9.17, 15) is 4.79 Å². The Hall–Kier alpha value is -3.60. The number of imidazole rings is 1. The molecule has 1 heterocycles. The lowest BCUT2D eigenvalue weighted by molar-refractivity contribution is 0.0948. The van der Waals surface area contributed by atoms with Gasteiger partial charge in [-0.15, -0.1) is 0 Å². The van der Waals surface area contributed by atoms with Gasteiger partial charge >= 0.3 is 0 Å². The summed E-state index contributed by atoms with van der Waals surface area (Å²) < 4.78 is 7.44. The van der Waals surface area contributed by atoms with Gasteiger partial charge in [0.05, 0.1) is 12.7 Å². The number of nitrogens with one attached hydrogen (secondary N) is 1. The van der Waals surface area contributed by atoms with Gasteiger partial charge in [-0.1, -0.05) is 36.4 Å². The van der Waals surface area contributed by atoms with E-state index in [0.717, 1.165) is 27.8 Å². The summed E-state index contributed by atoms with van der Waals surface area (Å²) in [6.45, 7) is 2.41. The average molecular weight is 371 g/mol. The number of ether oxygens (including phenoxy) is 1. The molecule has 5 heteroatoms. The molecule has 0 unspecified atom stereocenters. The molecule has 0 radical (unpaired) electrons. The highest BCUT2D eigenvalue weighted by molar-refractivity contribution is 6.01. The molecule has 4 aromatic rings. The molecule has 0 aliphatic rings. The lowest BCUT2D eigenvalue weighted by Crippen LogP contribution is -2.23. The Balaban J connectivity index is 1.50. The number of rotatable bonds is 5. The number of hydrogen-bond acceptors (Lipinski definition) is 3. The molecule has 1 aromatic heterocycles. The maximum absolute atomic E-state index is 12.7. The standard InChI is InChI=1S/C23H21N3O2/c1-16-24-11-12-26(16)20-9-7-17(8-10-20)15-25-23(27)21-13-18-5-3-4-6-19(18)14-22(21)28-2/h3-14H,15H2,1-2H3,(H,25,27). The van der Waals surface area contributed by atoms with Crippen molar-refractivity contribution in [2.24, 2.45) is 0 Å². The quantitative estimate of drug-likeness (QED) is 0.570. The predicted octanol–water partition coefficient (Wildman–Crippen LogP) is 4.27. The molecule has 0 saturated carbocycles. The molecule has 28 heavy (non-hydrogen) atoms. The van der Waals surface area contributed by atoms with E-state index in [1.54, 1.807) is 13.3 Å². The minimum Gasteiger partial charge on any atom is -0.496 e. The monoisotopic (exact) mass is 371 g/mol. The van der Waals surface area contributed by atoms with E-state index in [2.05, 4.69) is 10.3 Å². The van der Waals surface area contributed by atoms with E-state index in [1.165, 1.54) is 0 Å². The summed E-state index contributed by atoms with van der Waals surface area (Å²) in [6, 6.07) is 19.7. The first-order valence-electron chi connectivity index (χ1n) is 9.10. The highest BCUT2D eigenvalue weighted by atomic mass is 16.5. The minimum absolute atomic E-state index is 0.155. The fraction of sp³-hybridized carbons (Fsp3) is 0.130. The van der Waals surface area contributed by atoms with Gasteiger partial charge in [-0.2, -0.15) is 0 Å². The summed E-state index contributed by atoms with van der Waals surface area (Å²) in [5, 5.41) is 5.03. The zero-order chi connectivity index (χ0) is 19.5. The van der Waals surface area contributed by atoms with E-state index >= 15 is 0 Å². The van der Waals surface area contributed by atoms with E-state index in [1.807, 2.05) is 78.4 Å². The average Bonchev–Trinajstić information content (AvgIpc) is 3.17. The van der Waals surface area contributed by atoms with Crippen LogP contribution < -0.4 is 10.1 Å². The largest absolute Gasteiger partial charge is 0.496 e. The lowest BCUT2D eigenvalue weighted by atomic mass is 10.1. The van der Waals surface area contributed by atoms with Gasteiger partial charge in [-0.25, -0.2) is 4.98 Å². The number of aryl methyl sites for hydroxylation is 1. The van der Waals surface area contributed by atoms with Gasteiger partial charge in [-0.3, -0.25) is 4.79 Å². The number of fused-ring (bicyclic) bond motifs is 1. The molecule has 0 aliphatic heterocycles. The van der Waals surface area contributed by atoms with Crippen LogP contribution in [0.5, 0.6) is 5.75 Å². The van der Waals surface area contributed by atoms with Gasteiger partial charge in [0.1, 0.15) is 11.6 Å². The van der Waals surface area contributed by atoms with Gasteiger partial charge in [0.15, 0.2) is 0 Å². The Bertz CT molecular complexity index is 1130. The summed E-state index contributed by atoms with van der Waals surface area (Å²) in [5.74, 6) is 1.35. The molecule has 3 aromatic carbocycles. The van der Waals surface area contributed by atoms with E-state index in [4.69, 9.17) is 4.74 Å². The molecular weight excluding hydrogens is 350 g/mol. The second-order valence-electron chi connectivity index (χ2n) is 6.59. The van der Waals surface area contributed by atoms with Crippen LogP contribution in [-0.4, -0.2) is 22.6 Å². The van der Waals surface area contributed by atoms with Crippen LogP contribution in [-0.2, 0) is 6.54 Å². The third-order valence-corrected chi connectivity index (χ3v) is 4.81. The maximum Gasteiger partial charge on any atom is 0.255 e. The number of aromatic nitrogens is 2.